The molecule has 0 aromatic heterocycles. The highest BCUT2D eigenvalue weighted by molar-refractivity contribution is 7.92. The first-order valence-corrected chi connectivity index (χ1v) is 13.9. The van der Waals surface area contributed by atoms with Crippen molar-refractivity contribution in [1.82, 2.24) is 10.2 Å². The van der Waals surface area contributed by atoms with Crippen molar-refractivity contribution in [3.63, 3.8) is 0 Å². The molecular formula is C26H36N4O7S. The number of carbonyl (C=O) groups excluding carboxylic acids is 2. The van der Waals surface area contributed by atoms with E-state index in [2.05, 4.69) is 5.32 Å². The smallest absolute Gasteiger partial charge is 0.271 e. The molecule has 0 unspecified atom stereocenters. The van der Waals surface area contributed by atoms with Crippen LogP contribution in [-0.4, -0.2) is 61.5 Å². The topological polar surface area (TPSA) is 139 Å². The van der Waals surface area contributed by atoms with Gasteiger partial charge >= 0.3 is 0 Å². The second kappa shape index (κ2) is 12.2. The van der Waals surface area contributed by atoms with E-state index in [1.54, 1.807) is 38.1 Å². The lowest BCUT2D eigenvalue weighted by Crippen LogP contribution is -2.55. The predicted octanol–water partition coefficient (Wildman–Crippen LogP) is 3.40. The summed E-state index contributed by atoms with van der Waals surface area (Å²) in [6, 6.07) is 9.91. The molecule has 208 valence electrons. The molecule has 0 aliphatic rings. The zero-order valence-electron chi connectivity index (χ0n) is 22.8. The van der Waals surface area contributed by atoms with E-state index < -0.39 is 39.0 Å². The number of hydrogen-bond acceptors (Lipinski definition) is 7. The number of sulfonamides is 1. The molecule has 0 saturated carbocycles. The summed E-state index contributed by atoms with van der Waals surface area (Å²) in [7, 11) is -2.52. The molecule has 0 heterocycles. The summed E-state index contributed by atoms with van der Waals surface area (Å²) in [6.45, 7) is 8.19. The molecule has 12 heteroatoms. The Morgan fingerprint density at radius 1 is 1.16 bits per heavy atom. The van der Waals surface area contributed by atoms with Gasteiger partial charge in [0.25, 0.3) is 5.69 Å². The SMILES string of the molecule is CC[C@H](C(=O)NC(C)(C)C)N(Cc1cccc(OC)c1)C(=O)CN(c1cc([N+](=O)[O-])ccc1C)S(C)(=O)=O. The highest BCUT2D eigenvalue weighted by Gasteiger charge is 2.33. The number of hydrogen-bond donors (Lipinski definition) is 1. The summed E-state index contributed by atoms with van der Waals surface area (Å²) < 4.78 is 31.8. The number of rotatable bonds is 11. The van der Waals surface area contributed by atoms with Crippen molar-refractivity contribution in [3.05, 3.63) is 63.7 Å². The number of ether oxygens (including phenoxy) is 1. The lowest BCUT2D eigenvalue weighted by molar-refractivity contribution is -0.384. The lowest BCUT2D eigenvalue weighted by Gasteiger charge is -2.34. The van der Waals surface area contributed by atoms with Crippen LogP contribution in [0.1, 0.15) is 45.2 Å². The number of methoxy groups -OCH3 is 1. The minimum atomic E-state index is -4.03. The molecule has 0 aliphatic heterocycles. The molecule has 1 N–H and O–H groups in total. The van der Waals surface area contributed by atoms with E-state index >= 15 is 0 Å². The molecule has 0 radical (unpaired) electrons. The Kier molecular flexibility index (Phi) is 9.85. The van der Waals surface area contributed by atoms with Crippen molar-refractivity contribution in [2.45, 2.75) is 59.2 Å². The number of amides is 2. The van der Waals surface area contributed by atoms with E-state index in [-0.39, 0.29) is 30.2 Å². The van der Waals surface area contributed by atoms with Crippen LogP contribution in [0, 0.1) is 17.0 Å². The van der Waals surface area contributed by atoms with Crippen LogP contribution in [0.25, 0.3) is 0 Å². The number of nitrogens with one attached hydrogen (secondary N) is 1. The van der Waals surface area contributed by atoms with Crippen molar-refractivity contribution >= 4 is 33.2 Å². The Morgan fingerprint density at radius 3 is 2.34 bits per heavy atom. The van der Waals surface area contributed by atoms with Gasteiger partial charge in [0.15, 0.2) is 0 Å². The van der Waals surface area contributed by atoms with Gasteiger partial charge in [0.2, 0.25) is 21.8 Å². The van der Waals surface area contributed by atoms with E-state index in [0.29, 0.717) is 16.9 Å². The van der Waals surface area contributed by atoms with Crippen LogP contribution in [-0.2, 0) is 26.2 Å². The number of anilines is 1. The molecule has 0 saturated heterocycles. The third-order valence-electron chi connectivity index (χ3n) is 5.72. The van der Waals surface area contributed by atoms with Crippen LogP contribution in [0.5, 0.6) is 5.75 Å². The van der Waals surface area contributed by atoms with Gasteiger partial charge in [-0.1, -0.05) is 25.1 Å². The highest BCUT2D eigenvalue weighted by Crippen LogP contribution is 2.28. The Morgan fingerprint density at radius 2 is 1.82 bits per heavy atom. The summed E-state index contributed by atoms with van der Waals surface area (Å²) in [5.74, 6) is -0.458. The van der Waals surface area contributed by atoms with Crippen molar-refractivity contribution in [1.29, 1.82) is 0 Å². The minimum Gasteiger partial charge on any atom is -0.497 e. The first-order valence-electron chi connectivity index (χ1n) is 12.0. The number of non-ortho nitro benzene ring substituents is 1. The average molecular weight is 549 g/mol. The van der Waals surface area contributed by atoms with Crippen LogP contribution in [0.3, 0.4) is 0 Å². The van der Waals surface area contributed by atoms with Crippen LogP contribution in [0.15, 0.2) is 42.5 Å². The van der Waals surface area contributed by atoms with Gasteiger partial charge in [0.1, 0.15) is 18.3 Å². The molecule has 2 aromatic rings. The fourth-order valence-corrected chi connectivity index (χ4v) is 4.81. The lowest BCUT2D eigenvalue weighted by atomic mass is 10.1. The fourth-order valence-electron chi connectivity index (χ4n) is 3.91. The number of aryl methyl sites for hydroxylation is 1. The van der Waals surface area contributed by atoms with Gasteiger partial charge in [0, 0.05) is 24.2 Å². The summed E-state index contributed by atoms with van der Waals surface area (Å²) in [4.78, 5) is 39.1. The number of nitro groups is 1. The highest BCUT2D eigenvalue weighted by atomic mass is 32.2. The summed E-state index contributed by atoms with van der Waals surface area (Å²) in [5, 5.41) is 14.2. The normalized spacial score (nSPS) is 12.4. The maximum atomic E-state index is 13.8. The second-order valence-electron chi connectivity index (χ2n) is 10.0. The molecule has 0 spiro atoms. The standard InChI is InChI=1S/C26H36N4O7S/c1-8-22(25(32)27-26(3,4)5)28(16-19-10-9-11-21(14-19)37-6)24(31)17-29(38(7,35)36)23-15-20(30(33)34)13-12-18(23)2/h9-15,22H,8,16-17H2,1-7H3,(H,27,32)/t22-/m1/s1. The molecule has 1 atom stereocenters. The van der Waals surface area contributed by atoms with Gasteiger partial charge in [0.05, 0.1) is 24.0 Å². The molecule has 2 amide bonds. The zero-order valence-corrected chi connectivity index (χ0v) is 23.7. The quantitative estimate of drug-likeness (QED) is 0.335. The van der Waals surface area contributed by atoms with Crippen LogP contribution in [0.2, 0.25) is 0 Å². The Balaban J connectivity index is 2.56. The van der Waals surface area contributed by atoms with E-state index in [9.17, 15) is 28.1 Å². The van der Waals surface area contributed by atoms with Gasteiger partial charge in [-0.25, -0.2) is 8.42 Å². The second-order valence-corrected chi connectivity index (χ2v) is 11.9. The fraction of sp³-hybridized carbons (Fsp3) is 0.462. The van der Waals surface area contributed by atoms with E-state index in [4.69, 9.17) is 4.74 Å². The van der Waals surface area contributed by atoms with Crippen LogP contribution in [0.4, 0.5) is 11.4 Å². The number of nitrogens with zero attached hydrogens (tertiary/aromatic N) is 3. The predicted molar refractivity (Wildman–Crippen MR) is 146 cm³/mol. The largest absolute Gasteiger partial charge is 0.497 e. The first kappa shape index (κ1) is 30.6. The van der Waals surface area contributed by atoms with Gasteiger partial charge in [-0.15, -0.1) is 0 Å². The van der Waals surface area contributed by atoms with E-state index in [1.807, 2.05) is 20.8 Å². The molecule has 38 heavy (non-hydrogen) atoms. The van der Waals surface area contributed by atoms with E-state index in [0.717, 1.165) is 16.6 Å². The molecule has 0 bridgehead atoms. The molecule has 0 fully saturated rings. The Labute approximate surface area is 224 Å². The molecule has 0 aliphatic carbocycles. The van der Waals surface area contributed by atoms with Gasteiger partial charge < -0.3 is 15.0 Å². The summed E-state index contributed by atoms with van der Waals surface area (Å²) in [6.07, 6.45) is 1.20. The molecule has 2 aromatic carbocycles. The van der Waals surface area contributed by atoms with E-state index in [1.165, 1.54) is 24.1 Å². The van der Waals surface area contributed by atoms with Gasteiger partial charge in [-0.05, 0) is 57.4 Å². The van der Waals surface area contributed by atoms with Crippen molar-refractivity contribution < 1.29 is 27.7 Å². The first-order chi connectivity index (χ1) is 17.6. The van der Waals surface area contributed by atoms with Crippen LogP contribution >= 0.6 is 0 Å². The van der Waals surface area contributed by atoms with Crippen molar-refractivity contribution in [2.24, 2.45) is 0 Å². The van der Waals surface area contributed by atoms with Crippen molar-refractivity contribution in [3.8, 4) is 5.75 Å². The minimum absolute atomic E-state index is 0.0115. The monoisotopic (exact) mass is 548 g/mol. The Hall–Kier alpha value is -3.67. The van der Waals surface area contributed by atoms with Gasteiger partial charge in [-0.3, -0.25) is 24.0 Å². The maximum absolute atomic E-state index is 13.8. The number of benzene rings is 2. The maximum Gasteiger partial charge on any atom is 0.271 e. The number of nitro benzene ring substituents is 1. The average Bonchev–Trinajstić information content (AvgIpc) is 2.81. The third kappa shape index (κ3) is 8.17. The summed E-state index contributed by atoms with van der Waals surface area (Å²) >= 11 is 0. The van der Waals surface area contributed by atoms with Crippen LogP contribution < -0.4 is 14.4 Å². The number of carbonyl (C=O) groups is 2. The zero-order chi connectivity index (χ0) is 28.8. The molecular weight excluding hydrogens is 512 g/mol. The summed E-state index contributed by atoms with van der Waals surface area (Å²) in [5.41, 5.74) is 0.260. The molecule has 11 nitrogen and oxygen atoms in total. The third-order valence-corrected chi connectivity index (χ3v) is 6.85. The molecule has 2 rings (SSSR count). The van der Waals surface area contributed by atoms with Gasteiger partial charge in [-0.2, -0.15) is 0 Å². The Bertz CT molecular complexity index is 1290. The van der Waals surface area contributed by atoms with Crippen molar-refractivity contribution in [2.75, 3.05) is 24.2 Å².